The molecule has 0 radical (unpaired) electrons. The number of aromatic nitrogens is 3. The number of nitrogens with zero attached hydrogens (tertiary/aromatic N) is 3. The summed E-state index contributed by atoms with van der Waals surface area (Å²) in [7, 11) is 0. The average Bonchev–Trinajstić information content (AvgIpc) is 2.51. The summed E-state index contributed by atoms with van der Waals surface area (Å²) in [5.41, 5.74) is 11.7. The first-order valence-corrected chi connectivity index (χ1v) is 7.16. The molecular weight excluding hydrogens is 321 g/mol. The Morgan fingerprint density at radius 3 is 2.65 bits per heavy atom. The number of hydrogen-bond acceptors (Lipinski definition) is 5. The predicted molar refractivity (Wildman–Crippen MR) is 87.1 cm³/mol. The Hall–Kier alpha value is -2.51. The number of benzene rings is 1. The Bertz CT molecular complexity index is 953. The maximum atomic E-state index is 13.7. The Morgan fingerprint density at radius 1 is 1.30 bits per heavy atom. The summed E-state index contributed by atoms with van der Waals surface area (Å²) in [5, 5.41) is -0.277. The second-order valence-corrected chi connectivity index (χ2v) is 5.47. The van der Waals surface area contributed by atoms with Crippen LogP contribution in [0.3, 0.4) is 0 Å². The molecule has 3 aromatic rings. The lowest BCUT2D eigenvalue weighted by Crippen LogP contribution is -2.28. The lowest BCUT2D eigenvalue weighted by molar-refractivity contribution is 0.629. The minimum absolute atomic E-state index is 0.00658. The van der Waals surface area contributed by atoms with Gasteiger partial charge in [0.15, 0.2) is 0 Å². The highest BCUT2D eigenvalue weighted by molar-refractivity contribution is 6.35. The Balaban J connectivity index is 2.45. The lowest BCUT2D eigenvalue weighted by Gasteiger charge is -2.16. The van der Waals surface area contributed by atoms with Gasteiger partial charge in [0.25, 0.3) is 5.56 Å². The van der Waals surface area contributed by atoms with Crippen molar-refractivity contribution < 1.29 is 4.39 Å². The molecule has 0 spiro atoms. The van der Waals surface area contributed by atoms with Gasteiger partial charge >= 0.3 is 0 Å². The number of halogens is 2. The molecule has 0 aliphatic carbocycles. The number of nitrogens with two attached hydrogens (primary N) is 2. The second kappa shape index (κ2) is 5.60. The molecule has 23 heavy (non-hydrogen) atoms. The normalized spacial score (nSPS) is 12.5. The molecule has 0 amide bonds. The van der Waals surface area contributed by atoms with E-state index in [9.17, 15) is 9.18 Å². The average molecular weight is 334 g/mol. The zero-order valence-electron chi connectivity index (χ0n) is 12.1. The van der Waals surface area contributed by atoms with Crippen LogP contribution in [-0.4, -0.2) is 14.5 Å². The molecule has 4 N–H and O–H groups in total. The summed E-state index contributed by atoms with van der Waals surface area (Å²) < 4.78 is 15.0. The van der Waals surface area contributed by atoms with Crippen LogP contribution in [0.25, 0.3) is 16.6 Å². The van der Waals surface area contributed by atoms with Gasteiger partial charge in [-0.25, -0.2) is 14.4 Å². The largest absolute Gasteiger partial charge is 0.384 e. The fraction of sp³-hybridized carbons (Fsp3) is 0.133. The van der Waals surface area contributed by atoms with E-state index in [1.807, 2.05) is 0 Å². The SMILES string of the molecule is CC(N)c1nc2ccc(F)c(Cl)c2c(=O)n1-c1ccc(N)nc1. The van der Waals surface area contributed by atoms with Gasteiger partial charge in [0.2, 0.25) is 0 Å². The van der Waals surface area contributed by atoms with E-state index in [-0.39, 0.29) is 15.9 Å². The monoisotopic (exact) mass is 333 g/mol. The van der Waals surface area contributed by atoms with E-state index in [1.165, 1.54) is 16.8 Å². The maximum absolute atomic E-state index is 13.7. The van der Waals surface area contributed by atoms with Crippen molar-refractivity contribution in [2.24, 2.45) is 5.73 Å². The molecule has 0 aliphatic rings. The van der Waals surface area contributed by atoms with Crippen LogP contribution in [0.5, 0.6) is 0 Å². The number of hydrogen-bond donors (Lipinski definition) is 2. The summed E-state index contributed by atoms with van der Waals surface area (Å²) in [6.07, 6.45) is 1.42. The van der Waals surface area contributed by atoms with Crippen molar-refractivity contribution in [3.63, 3.8) is 0 Å². The summed E-state index contributed by atoms with van der Waals surface area (Å²) in [5.74, 6) is -0.0627. The van der Waals surface area contributed by atoms with E-state index in [1.54, 1.807) is 19.1 Å². The fourth-order valence-corrected chi connectivity index (χ4v) is 2.55. The van der Waals surface area contributed by atoms with Gasteiger partial charge in [0, 0.05) is 0 Å². The molecule has 0 fully saturated rings. The summed E-state index contributed by atoms with van der Waals surface area (Å²) in [4.78, 5) is 21.2. The zero-order chi connectivity index (χ0) is 16.7. The van der Waals surface area contributed by atoms with Crippen molar-refractivity contribution in [1.29, 1.82) is 0 Å². The van der Waals surface area contributed by atoms with Crippen LogP contribution < -0.4 is 17.0 Å². The third-order valence-electron chi connectivity index (χ3n) is 3.39. The molecule has 1 unspecified atom stereocenters. The molecule has 0 saturated carbocycles. The third-order valence-corrected chi connectivity index (χ3v) is 3.76. The number of nitrogen functional groups attached to an aromatic ring is 1. The minimum Gasteiger partial charge on any atom is -0.384 e. The molecule has 2 aromatic heterocycles. The van der Waals surface area contributed by atoms with Crippen LogP contribution in [0.1, 0.15) is 18.8 Å². The van der Waals surface area contributed by atoms with E-state index in [0.29, 0.717) is 17.3 Å². The van der Waals surface area contributed by atoms with Gasteiger partial charge in [-0.05, 0) is 31.2 Å². The summed E-state index contributed by atoms with van der Waals surface area (Å²) >= 11 is 5.95. The Morgan fingerprint density at radius 2 is 2.04 bits per heavy atom. The highest BCUT2D eigenvalue weighted by Crippen LogP contribution is 2.24. The van der Waals surface area contributed by atoms with Crippen molar-refractivity contribution in [3.8, 4) is 5.69 Å². The molecule has 0 bridgehead atoms. The number of rotatable bonds is 2. The van der Waals surface area contributed by atoms with Gasteiger partial charge in [0.05, 0.1) is 33.9 Å². The predicted octanol–water partition coefficient (Wildman–Crippen LogP) is 2.18. The van der Waals surface area contributed by atoms with Crippen molar-refractivity contribution in [3.05, 3.63) is 57.5 Å². The van der Waals surface area contributed by atoms with Gasteiger partial charge < -0.3 is 11.5 Å². The summed E-state index contributed by atoms with van der Waals surface area (Å²) in [6, 6.07) is 5.18. The third kappa shape index (κ3) is 2.54. The molecule has 0 saturated heterocycles. The fourth-order valence-electron chi connectivity index (χ4n) is 2.31. The van der Waals surface area contributed by atoms with Crippen LogP contribution >= 0.6 is 11.6 Å². The van der Waals surface area contributed by atoms with Gasteiger partial charge in [-0.2, -0.15) is 0 Å². The molecule has 6 nitrogen and oxygen atoms in total. The zero-order valence-corrected chi connectivity index (χ0v) is 12.9. The van der Waals surface area contributed by atoms with Crippen molar-refractivity contribution in [2.45, 2.75) is 13.0 Å². The highest BCUT2D eigenvalue weighted by atomic mass is 35.5. The van der Waals surface area contributed by atoms with E-state index in [0.717, 1.165) is 6.07 Å². The molecule has 1 aromatic carbocycles. The molecule has 3 rings (SSSR count). The molecule has 0 aliphatic heterocycles. The highest BCUT2D eigenvalue weighted by Gasteiger charge is 2.19. The van der Waals surface area contributed by atoms with Gasteiger partial charge in [-0.1, -0.05) is 11.6 Å². The van der Waals surface area contributed by atoms with E-state index >= 15 is 0 Å². The van der Waals surface area contributed by atoms with Crippen molar-refractivity contribution in [1.82, 2.24) is 14.5 Å². The van der Waals surface area contributed by atoms with E-state index < -0.39 is 17.4 Å². The Kier molecular flexibility index (Phi) is 3.75. The number of fused-ring (bicyclic) bond motifs is 1. The molecule has 1 atom stereocenters. The van der Waals surface area contributed by atoms with E-state index in [4.69, 9.17) is 23.1 Å². The minimum atomic E-state index is -0.686. The number of anilines is 1. The maximum Gasteiger partial charge on any atom is 0.267 e. The number of pyridine rings is 1. The topological polar surface area (TPSA) is 99.8 Å². The van der Waals surface area contributed by atoms with Crippen LogP contribution in [-0.2, 0) is 0 Å². The second-order valence-electron chi connectivity index (χ2n) is 5.10. The van der Waals surface area contributed by atoms with Crippen molar-refractivity contribution >= 4 is 28.3 Å². The van der Waals surface area contributed by atoms with Gasteiger partial charge in [0.1, 0.15) is 17.5 Å². The first kappa shape index (κ1) is 15.4. The first-order valence-electron chi connectivity index (χ1n) is 6.78. The van der Waals surface area contributed by atoms with Crippen LogP contribution in [0.4, 0.5) is 10.2 Å². The van der Waals surface area contributed by atoms with Crippen LogP contribution in [0.2, 0.25) is 5.02 Å². The van der Waals surface area contributed by atoms with Gasteiger partial charge in [-0.3, -0.25) is 9.36 Å². The lowest BCUT2D eigenvalue weighted by atomic mass is 10.2. The smallest absolute Gasteiger partial charge is 0.267 e. The standard InChI is InChI=1S/C15H13ClFN5O/c1-7(18)14-21-10-4-3-9(17)13(16)12(10)15(23)22(14)8-2-5-11(19)20-6-8/h2-7H,18H2,1H3,(H2,19,20). The van der Waals surface area contributed by atoms with Crippen LogP contribution in [0.15, 0.2) is 35.3 Å². The first-order chi connectivity index (χ1) is 10.9. The van der Waals surface area contributed by atoms with Crippen LogP contribution in [0, 0.1) is 5.82 Å². The molecule has 8 heteroatoms. The molecule has 118 valence electrons. The molecule has 2 heterocycles. The van der Waals surface area contributed by atoms with E-state index in [2.05, 4.69) is 9.97 Å². The summed E-state index contributed by atoms with van der Waals surface area (Å²) in [6.45, 7) is 1.69. The van der Waals surface area contributed by atoms with Gasteiger partial charge in [-0.15, -0.1) is 0 Å². The Labute approximate surface area is 135 Å². The van der Waals surface area contributed by atoms with Crippen molar-refractivity contribution in [2.75, 3.05) is 5.73 Å². The quantitative estimate of drug-likeness (QED) is 0.748. The molecular formula is C15H13ClFN5O.